The quantitative estimate of drug-likeness (QED) is 0.881. The first-order valence-electron chi connectivity index (χ1n) is 5.60. The minimum absolute atomic E-state index is 0.0179. The van der Waals surface area contributed by atoms with E-state index in [1.807, 2.05) is 13.1 Å². The average molecular weight is 276 g/mol. The summed E-state index contributed by atoms with van der Waals surface area (Å²) in [5, 5.41) is 4.45. The third-order valence-electron chi connectivity index (χ3n) is 2.97. The van der Waals surface area contributed by atoms with Gasteiger partial charge in [-0.3, -0.25) is 0 Å². The summed E-state index contributed by atoms with van der Waals surface area (Å²) < 4.78 is 5.15. The second-order valence-corrected chi connectivity index (χ2v) is 5.52. The molecule has 0 radical (unpaired) electrons. The summed E-state index contributed by atoms with van der Waals surface area (Å²) in [4.78, 5) is 0. The molecule has 0 saturated carbocycles. The summed E-state index contributed by atoms with van der Waals surface area (Å²) in [5.41, 5.74) is 1.04. The highest BCUT2D eigenvalue weighted by molar-refractivity contribution is 6.34. The standard InChI is InChI=1S/C13H19Cl2NO/c1-13(2,5-6-16-3)9-7-11(15)12(17-4)8-10(9)14/h7-8,16H,5-6H2,1-4H3. The minimum Gasteiger partial charge on any atom is -0.495 e. The van der Waals surface area contributed by atoms with Crippen LogP contribution in [0.3, 0.4) is 0 Å². The zero-order valence-corrected chi connectivity index (χ0v) is 12.2. The third kappa shape index (κ3) is 3.51. The van der Waals surface area contributed by atoms with Gasteiger partial charge in [0.2, 0.25) is 0 Å². The van der Waals surface area contributed by atoms with Crippen LogP contribution in [0.4, 0.5) is 0 Å². The molecule has 1 aromatic carbocycles. The Kier molecular flexibility index (Phi) is 5.11. The molecule has 96 valence electrons. The first-order valence-corrected chi connectivity index (χ1v) is 6.36. The van der Waals surface area contributed by atoms with Crippen molar-refractivity contribution in [3.05, 3.63) is 27.7 Å². The fraction of sp³-hybridized carbons (Fsp3) is 0.538. The summed E-state index contributed by atoms with van der Waals surface area (Å²) in [6, 6.07) is 3.68. The fourth-order valence-electron chi connectivity index (χ4n) is 1.78. The van der Waals surface area contributed by atoms with Crippen LogP contribution in [-0.4, -0.2) is 20.7 Å². The van der Waals surface area contributed by atoms with Crippen LogP contribution in [0, 0.1) is 0 Å². The lowest BCUT2D eigenvalue weighted by Crippen LogP contribution is -2.23. The molecule has 17 heavy (non-hydrogen) atoms. The number of nitrogens with one attached hydrogen (secondary N) is 1. The zero-order valence-electron chi connectivity index (χ0n) is 10.7. The molecule has 2 nitrogen and oxygen atoms in total. The first kappa shape index (κ1) is 14.6. The lowest BCUT2D eigenvalue weighted by atomic mass is 9.81. The van der Waals surface area contributed by atoms with Crippen molar-refractivity contribution in [2.45, 2.75) is 25.7 Å². The van der Waals surface area contributed by atoms with Crippen molar-refractivity contribution < 1.29 is 4.74 Å². The maximum atomic E-state index is 6.28. The zero-order chi connectivity index (χ0) is 13.1. The van der Waals surface area contributed by atoms with Gasteiger partial charge < -0.3 is 10.1 Å². The SMILES string of the molecule is CNCCC(C)(C)c1cc(Cl)c(OC)cc1Cl. The van der Waals surface area contributed by atoms with E-state index in [2.05, 4.69) is 19.2 Å². The molecule has 0 atom stereocenters. The van der Waals surface area contributed by atoms with Crippen molar-refractivity contribution in [3.8, 4) is 5.75 Å². The Balaban J connectivity index is 3.09. The molecule has 0 aliphatic rings. The highest BCUT2D eigenvalue weighted by atomic mass is 35.5. The molecule has 1 rings (SSSR count). The van der Waals surface area contributed by atoms with E-state index in [-0.39, 0.29) is 5.41 Å². The Morgan fingerprint density at radius 2 is 1.88 bits per heavy atom. The molecule has 0 fully saturated rings. The van der Waals surface area contributed by atoms with Gasteiger partial charge in [0, 0.05) is 11.1 Å². The van der Waals surface area contributed by atoms with E-state index >= 15 is 0 Å². The summed E-state index contributed by atoms with van der Waals surface area (Å²) in [7, 11) is 3.53. The predicted octanol–water partition coefficient (Wildman–Crippen LogP) is 3.89. The summed E-state index contributed by atoms with van der Waals surface area (Å²) >= 11 is 12.4. The molecule has 0 heterocycles. The van der Waals surface area contributed by atoms with Crippen LogP contribution in [-0.2, 0) is 5.41 Å². The third-order valence-corrected chi connectivity index (χ3v) is 3.58. The summed E-state index contributed by atoms with van der Waals surface area (Å²) in [6.07, 6.45) is 0.992. The van der Waals surface area contributed by atoms with Gasteiger partial charge in [0.15, 0.2) is 0 Å². The molecule has 0 spiro atoms. The van der Waals surface area contributed by atoms with Gasteiger partial charge in [-0.25, -0.2) is 0 Å². The summed E-state index contributed by atoms with van der Waals surface area (Å²) in [6.45, 7) is 5.26. The van der Waals surface area contributed by atoms with Crippen LogP contribution < -0.4 is 10.1 Å². The smallest absolute Gasteiger partial charge is 0.138 e. The van der Waals surface area contributed by atoms with Gasteiger partial charge in [-0.05, 0) is 37.1 Å². The average Bonchev–Trinajstić information content (AvgIpc) is 2.28. The van der Waals surface area contributed by atoms with E-state index in [0.717, 1.165) is 18.5 Å². The molecule has 0 aliphatic carbocycles. The van der Waals surface area contributed by atoms with Crippen LogP contribution in [0.25, 0.3) is 0 Å². The van der Waals surface area contributed by atoms with E-state index in [1.165, 1.54) is 0 Å². The molecule has 1 N–H and O–H groups in total. The van der Waals surface area contributed by atoms with Crippen LogP contribution >= 0.6 is 23.2 Å². The molecule has 4 heteroatoms. The molecule has 0 bridgehead atoms. The fourth-order valence-corrected chi connectivity index (χ4v) is 2.43. The first-order chi connectivity index (χ1) is 7.92. The van der Waals surface area contributed by atoms with E-state index in [0.29, 0.717) is 15.8 Å². The van der Waals surface area contributed by atoms with Crippen molar-refractivity contribution >= 4 is 23.2 Å². The van der Waals surface area contributed by atoms with Gasteiger partial charge in [0.25, 0.3) is 0 Å². The molecule has 0 aliphatic heterocycles. The second kappa shape index (κ2) is 5.94. The van der Waals surface area contributed by atoms with E-state index in [4.69, 9.17) is 27.9 Å². The Bertz CT molecular complexity index is 391. The maximum absolute atomic E-state index is 6.28. The van der Waals surface area contributed by atoms with Crippen LogP contribution in [0.1, 0.15) is 25.8 Å². The van der Waals surface area contributed by atoms with Crippen molar-refractivity contribution in [1.29, 1.82) is 0 Å². The lowest BCUT2D eigenvalue weighted by Gasteiger charge is -2.27. The minimum atomic E-state index is -0.0179. The number of hydrogen-bond donors (Lipinski definition) is 1. The van der Waals surface area contributed by atoms with Crippen LogP contribution in [0.15, 0.2) is 12.1 Å². The molecular formula is C13H19Cl2NO. The Morgan fingerprint density at radius 3 is 2.41 bits per heavy atom. The van der Waals surface area contributed by atoms with Gasteiger partial charge in [-0.2, -0.15) is 0 Å². The van der Waals surface area contributed by atoms with Gasteiger partial charge in [-0.1, -0.05) is 37.0 Å². The number of benzene rings is 1. The molecule has 0 amide bonds. The van der Waals surface area contributed by atoms with Crippen LogP contribution in [0.2, 0.25) is 10.0 Å². The van der Waals surface area contributed by atoms with Gasteiger partial charge in [0.05, 0.1) is 12.1 Å². The predicted molar refractivity (Wildman–Crippen MR) is 74.6 cm³/mol. The lowest BCUT2D eigenvalue weighted by molar-refractivity contribution is 0.413. The van der Waals surface area contributed by atoms with Crippen molar-refractivity contribution in [2.24, 2.45) is 0 Å². The molecule has 0 aromatic heterocycles. The van der Waals surface area contributed by atoms with E-state index < -0.39 is 0 Å². The molecule has 1 aromatic rings. The van der Waals surface area contributed by atoms with Gasteiger partial charge >= 0.3 is 0 Å². The van der Waals surface area contributed by atoms with Gasteiger partial charge in [-0.15, -0.1) is 0 Å². The topological polar surface area (TPSA) is 21.3 Å². The number of methoxy groups -OCH3 is 1. The second-order valence-electron chi connectivity index (χ2n) is 4.70. The highest BCUT2D eigenvalue weighted by Gasteiger charge is 2.24. The molecule has 0 unspecified atom stereocenters. The van der Waals surface area contributed by atoms with Crippen molar-refractivity contribution in [1.82, 2.24) is 5.32 Å². The van der Waals surface area contributed by atoms with Crippen molar-refractivity contribution in [2.75, 3.05) is 20.7 Å². The normalized spacial score (nSPS) is 11.6. The number of hydrogen-bond acceptors (Lipinski definition) is 2. The van der Waals surface area contributed by atoms with Crippen molar-refractivity contribution in [3.63, 3.8) is 0 Å². The number of ether oxygens (including phenoxy) is 1. The number of halogens is 2. The molecule has 0 saturated heterocycles. The summed E-state index contributed by atoms with van der Waals surface area (Å²) in [5.74, 6) is 0.616. The Labute approximate surface area is 113 Å². The Hall–Kier alpha value is -0.440. The maximum Gasteiger partial charge on any atom is 0.138 e. The van der Waals surface area contributed by atoms with E-state index in [1.54, 1.807) is 13.2 Å². The largest absolute Gasteiger partial charge is 0.495 e. The Morgan fingerprint density at radius 1 is 1.24 bits per heavy atom. The van der Waals surface area contributed by atoms with Gasteiger partial charge in [0.1, 0.15) is 5.75 Å². The number of rotatable bonds is 5. The monoisotopic (exact) mass is 275 g/mol. The van der Waals surface area contributed by atoms with Crippen LogP contribution in [0.5, 0.6) is 5.75 Å². The highest BCUT2D eigenvalue weighted by Crippen LogP contribution is 2.38. The molecular weight excluding hydrogens is 257 g/mol. The van der Waals surface area contributed by atoms with E-state index in [9.17, 15) is 0 Å².